The number of hydrogen-bond acceptors (Lipinski definition) is 4. The Morgan fingerprint density at radius 1 is 1.16 bits per heavy atom. The van der Waals surface area contributed by atoms with Gasteiger partial charge in [0.25, 0.3) is 5.91 Å². The predicted molar refractivity (Wildman–Crippen MR) is 104 cm³/mol. The molecule has 4 nitrogen and oxygen atoms in total. The quantitative estimate of drug-likeness (QED) is 0.474. The zero-order valence-electron chi connectivity index (χ0n) is 13.1. The number of phenolic OH excluding ortho intramolecular Hbond substituents is 1. The van der Waals surface area contributed by atoms with Gasteiger partial charge in [-0.1, -0.05) is 36.4 Å². The van der Waals surface area contributed by atoms with Gasteiger partial charge < -0.3 is 5.11 Å². The molecule has 3 aromatic rings. The largest absolute Gasteiger partial charge is 0.506 e. The number of amides is 1. The number of carbonyl (C=O) groups is 1. The van der Waals surface area contributed by atoms with Gasteiger partial charge in [0.1, 0.15) is 5.75 Å². The lowest BCUT2D eigenvalue weighted by atomic mass is 10.0. The normalized spacial score (nSPS) is 10.9. The highest BCUT2D eigenvalue weighted by Gasteiger charge is 2.08. The van der Waals surface area contributed by atoms with Crippen LogP contribution in [0.2, 0.25) is 0 Å². The summed E-state index contributed by atoms with van der Waals surface area (Å²) in [5, 5.41) is 16.0. The second-order valence-corrected chi connectivity index (χ2v) is 7.16. The molecule has 0 aliphatic rings. The van der Waals surface area contributed by atoms with Gasteiger partial charge in [-0.15, -0.1) is 11.3 Å². The van der Waals surface area contributed by atoms with Crippen molar-refractivity contribution in [2.24, 2.45) is 5.10 Å². The molecule has 0 aliphatic carbocycles. The first-order valence-electron chi connectivity index (χ1n) is 7.55. The number of nitrogens with zero attached hydrogens (tertiary/aromatic N) is 1. The molecule has 1 amide bonds. The molecule has 6 heteroatoms. The molecule has 2 aromatic carbocycles. The van der Waals surface area contributed by atoms with E-state index in [2.05, 4.69) is 38.6 Å². The third-order valence-electron chi connectivity index (χ3n) is 3.52. The molecule has 0 fully saturated rings. The number of benzene rings is 2. The Balaban J connectivity index is 1.76. The fourth-order valence-corrected chi connectivity index (χ4v) is 3.47. The second kappa shape index (κ2) is 8.09. The van der Waals surface area contributed by atoms with Crippen LogP contribution >= 0.6 is 27.3 Å². The highest BCUT2D eigenvalue weighted by molar-refractivity contribution is 9.10. The van der Waals surface area contributed by atoms with Crippen LogP contribution in [0.3, 0.4) is 0 Å². The number of thiophene rings is 1. The molecule has 126 valence electrons. The van der Waals surface area contributed by atoms with Crippen LogP contribution in [-0.2, 0) is 6.42 Å². The van der Waals surface area contributed by atoms with E-state index in [1.165, 1.54) is 23.1 Å². The van der Waals surface area contributed by atoms with Crippen LogP contribution < -0.4 is 5.43 Å². The van der Waals surface area contributed by atoms with Gasteiger partial charge in [0.15, 0.2) is 0 Å². The van der Waals surface area contributed by atoms with Crippen molar-refractivity contribution < 1.29 is 9.90 Å². The molecule has 0 bridgehead atoms. The average Bonchev–Trinajstić information content (AvgIpc) is 3.14. The predicted octanol–water partition coefficient (Wildman–Crippen LogP) is 4.57. The fraction of sp³-hybridized carbons (Fsp3) is 0.0526. The number of halogens is 1. The van der Waals surface area contributed by atoms with E-state index in [-0.39, 0.29) is 11.7 Å². The molecule has 0 aliphatic heterocycles. The first-order valence-corrected chi connectivity index (χ1v) is 9.23. The van der Waals surface area contributed by atoms with Crippen LogP contribution in [0.4, 0.5) is 0 Å². The minimum absolute atomic E-state index is 0.0888. The lowest BCUT2D eigenvalue weighted by Gasteiger charge is -2.07. The molecule has 0 saturated heterocycles. The number of phenols is 1. The standard InChI is InChI=1S/C19H15BrN2O2S/c20-16-11-14(9-13-5-2-1-3-6-13)10-15(18(16)23)12-21-22-19(24)17-7-4-8-25-17/h1-8,10-12,23H,9H2,(H,22,24). The summed E-state index contributed by atoms with van der Waals surface area (Å²) in [7, 11) is 0. The smallest absolute Gasteiger partial charge is 0.281 e. The van der Waals surface area contributed by atoms with Crippen LogP contribution in [0.5, 0.6) is 5.75 Å². The second-order valence-electron chi connectivity index (χ2n) is 5.35. The zero-order chi connectivity index (χ0) is 17.6. The van der Waals surface area contributed by atoms with Gasteiger partial charge in [-0.05, 0) is 57.1 Å². The van der Waals surface area contributed by atoms with Crippen molar-refractivity contribution in [2.45, 2.75) is 6.42 Å². The van der Waals surface area contributed by atoms with E-state index in [0.717, 1.165) is 12.0 Å². The van der Waals surface area contributed by atoms with E-state index in [1.54, 1.807) is 12.1 Å². The summed E-state index contributed by atoms with van der Waals surface area (Å²) in [4.78, 5) is 12.5. The molecule has 0 atom stereocenters. The maximum absolute atomic E-state index is 11.9. The minimum atomic E-state index is -0.273. The van der Waals surface area contributed by atoms with E-state index in [9.17, 15) is 9.90 Å². The van der Waals surface area contributed by atoms with Gasteiger partial charge in [-0.2, -0.15) is 5.10 Å². The van der Waals surface area contributed by atoms with Crippen molar-refractivity contribution in [3.05, 3.63) is 86.0 Å². The first kappa shape index (κ1) is 17.4. The van der Waals surface area contributed by atoms with Crippen LogP contribution in [0.25, 0.3) is 0 Å². The summed E-state index contributed by atoms with van der Waals surface area (Å²) in [6, 6.07) is 17.3. The molecule has 2 N–H and O–H groups in total. The van der Waals surface area contributed by atoms with E-state index >= 15 is 0 Å². The SMILES string of the molecule is O=C(NN=Cc1cc(Cc2ccccc2)cc(Br)c1O)c1cccs1. The molecule has 1 aromatic heterocycles. The van der Waals surface area contributed by atoms with Gasteiger partial charge >= 0.3 is 0 Å². The Morgan fingerprint density at radius 3 is 2.68 bits per heavy atom. The van der Waals surface area contributed by atoms with Crippen molar-refractivity contribution in [3.8, 4) is 5.75 Å². The van der Waals surface area contributed by atoms with Crippen LogP contribution in [-0.4, -0.2) is 17.2 Å². The van der Waals surface area contributed by atoms with E-state index in [4.69, 9.17) is 0 Å². The van der Waals surface area contributed by atoms with Crippen LogP contribution in [0.1, 0.15) is 26.4 Å². The van der Waals surface area contributed by atoms with E-state index < -0.39 is 0 Å². The third kappa shape index (κ3) is 4.55. The van der Waals surface area contributed by atoms with Crippen molar-refractivity contribution in [1.29, 1.82) is 0 Å². The summed E-state index contributed by atoms with van der Waals surface area (Å²) in [6.07, 6.45) is 2.18. The fourth-order valence-electron chi connectivity index (χ4n) is 2.33. The number of rotatable bonds is 5. The molecule has 0 unspecified atom stereocenters. The highest BCUT2D eigenvalue weighted by Crippen LogP contribution is 2.29. The topological polar surface area (TPSA) is 61.7 Å². The molecule has 25 heavy (non-hydrogen) atoms. The summed E-state index contributed by atoms with van der Waals surface area (Å²) in [6.45, 7) is 0. The monoisotopic (exact) mass is 414 g/mol. The molecule has 0 spiro atoms. The van der Waals surface area contributed by atoms with E-state index in [0.29, 0.717) is 14.9 Å². The average molecular weight is 415 g/mol. The Kier molecular flexibility index (Phi) is 5.63. The van der Waals surface area contributed by atoms with Gasteiger partial charge in [-0.25, -0.2) is 5.43 Å². The summed E-state index contributed by atoms with van der Waals surface area (Å²) >= 11 is 4.71. The number of aromatic hydroxyl groups is 1. The molecule has 0 saturated carbocycles. The summed E-state index contributed by atoms with van der Waals surface area (Å²) in [5.74, 6) is -0.184. The lowest BCUT2D eigenvalue weighted by Crippen LogP contribution is -2.16. The molecule has 0 radical (unpaired) electrons. The van der Waals surface area contributed by atoms with E-state index in [1.807, 2.05) is 35.7 Å². The zero-order valence-corrected chi connectivity index (χ0v) is 15.5. The van der Waals surface area contributed by atoms with Crippen LogP contribution in [0, 0.1) is 0 Å². The van der Waals surface area contributed by atoms with Crippen molar-refractivity contribution in [2.75, 3.05) is 0 Å². The molecule has 3 rings (SSSR count). The van der Waals surface area contributed by atoms with Gasteiger partial charge in [0, 0.05) is 5.56 Å². The Morgan fingerprint density at radius 2 is 1.96 bits per heavy atom. The van der Waals surface area contributed by atoms with Crippen molar-refractivity contribution >= 4 is 39.4 Å². The molecular formula is C19H15BrN2O2S. The third-order valence-corrected chi connectivity index (χ3v) is 4.99. The molecular weight excluding hydrogens is 400 g/mol. The lowest BCUT2D eigenvalue weighted by molar-refractivity contribution is 0.0959. The van der Waals surface area contributed by atoms with Crippen LogP contribution in [0.15, 0.2) is 69.6 Å². The highest BCUT2D eigenvalue weighted by atomic mass is 79.9. The number of carbonyl (C=O) groups excluding carboxylic acids is 1. The van der Waals surface area contributed by atoms with Crippen molar-refractivity contribution in [3.63, 3.8) is 0 Å². The summed E-state index contributed by atoms with van der Waals surface area (Å²) < 4.78 is 0.590. The van der Waals surface area contributed by atoms with Crippen molar-refractivity contribution in [1.82, 2.24) is 5.43 Å². The Labute approximate surface area is 158 Å². The molecule has 1 heterocycles. The minimum Gasteiger partial charge on any atom is -0.506 e. The number of hydrogen-bond donors (Lipinski definition) is 2. The number of nitrogens with one attached hydrogen (secondary N) is 1. The summed E-state index contributed by atoms with van der Waals surface area (Å²) in [5.41, 5.74) is 5.20. The Hall–Kier alpha value is -2.44. The van der Waals surface area contributed by atoms with Gasteiger partial charge in [0.2, 0.25) is 0 Å². The maximum atomic E-state index is 11.9. The van der Waals surface area contributed by atoms with Gasteiger partial charge in [0.05, 0.1) is 15.6 Å². The first-order chi connectivity index (χ1) is 12.1. The van der Waals surface area contributed by atoms with Gasteiger partial charge in [-0.3, -0.25) is 4.79 Å². The maximum Gasteiger partial charge on any atom is 0.281 e. The number of hydrazone groups is 1. The Bertz CT molecular complexity index is 893.